The largest absolute Gasteiger partial charge is 0.463 e. The number of hydrogen-bond acceptors (Lipinski definition) is 4. The van der Waals surface area contributed by atoms with E-state index in [1.54, 1.807) is 37.6 Å². The van der Waals surface area contributed by atoms with Gasteiger partial charge in [-0.05, 0) is 45.0 Å². The van der Waals surface area contributed by atoms with E-state index in [-0.39, 0.29) is 36.8 Å². The number of nitrogens with one attached hydrogen (secondary N) is 1. The summed E-state index contributed by atoms with van der Waals surface area (Å²) >= 11 is 0. The van der Waals surface area contributed by atoms with E-state index in [1.165, 1.54) is 18.3 Å². The number of nitrogens with zero attached hydrogens (tertiary/aromatic N) is 2. The first-order valence-corrected chi connectivity index (χ1v) is 7.66. The van der Waals surface area contributed by atoms with Gasteiger partial charge in [0.2, 0.25) is 0 Å². The fraction of sp³-hybridized carbons (Fsp3) is 0.353. The van der Waals surface area contributed by atoms with E-state index in [1.807, 2.05) is 0 Å². The molecule has 0 fully saturated rings. The van der Waals surface area contributed by atoms with E-state index < -0.39 is 0 Å². The number of amides is 1. The zero-order chi connectivity index (χ0) is 17.7. The van der Waals surface area contributed by atoms with Crippen LogP contribution in [-0.4, -0.2) is 34.3 Å². The first kappa shape index (κ1) is 17.7. The molecule has 1 aromatic heterocycles. The van der Waals surface area contributed by atoms with E-state index in [2.05, 4.69) is 10.4 Å². The minimum absolute atomic E-state index is 0.106. The van der Waals surface area contributed by atoms with Crippen molar-refractivity contribution in [3.63, 3.8) is 0 Å². The summed E-state index contributed by atoms with van der Waals surface area (Å²) in [5.74, 6) is -1.02. The Labute approximate surface area is 139 Å². The Morgan fingerprint density at radius 3 is 2.58 bits per heavy atom. The fourth-order valence-electron chi connectivity index (χ4n) is 2.17. The third-order valence-electron chi connectivity index (χ3n) is 3.31. The van der Waals surface area contributed by atoms with Gasteiger partial charge in [-0.25, -0.2) is 9.07 Å². The molecule has 0 aliphatic rings. The lowest BCUT2D eigenvalue weighted by atomic mass is 10.2. The van der Waals surface area contributed by atoms with E-state index in [0.717, 1.165) is 0 Å². The van der Waals surface area contributed by atoms with Crippen LogP contribution < -0.4 is 5.32 Å². The maximum absolute atomic E-state index is 13.0. The third kappa shape index (κ3) is 4.41. The average molecular weight is 333 g/mol. The lowest BCUT2D eigenvalue weighted by molar-refractivity contribution is -0.147. The molecule has 0 spiro atoms. The number of halogens is 1. The molecule has 0 atom stereocenters. The molecule has 0 unspecified atom stereocenters. The van der Waals surface area contributed by atoms with E-state index in [0.29, 0.717) is 16.9 Å². The maximum atomic E-state index is 13.0. The van der Waals surface area contributed by atoms with Gasteiger partial charge in [-0.3, -0.25) is 9.59 Å². The lowest BCUT2D eigenvalue weighted by Crippen LogP contribution is -2.27. The smallest absolute Gasteiger partial charge is 0.307 e. The van der Waals surface area contributed by atoms with Gasteiger partial charge in [-0.15, -0.1) is 0 Å². The van der Waals surface area contributed by atoms with Gasteiger partial charge >= 0.3 is 5.97 Å². The Bertz CT molecular complexity index is 723. The molecule has 7 heteroatoms. The fourth-order valence-corrected chi connectivity index (χ4v) is 2.17. The van der Waals surface area contributed by atoms with Gasteiger partial charge in [0, 0.05) is 6.54 Å². The standard InChI is InChI=1S/C17H20FN3O3/c1-11(2)24-16(22)8-9-19-17(23)15-10-20-21(12(15)3)14-6-4-13(18)5-7-14/h4-7,10-11H,8-9H2,1-3H3,(H,19,23). The highest BCUT2D eigenvalue weighted by Crippen LogP contribution is 2.14. The van der Waals surface area contributed by atoms with Gasteiger partial charge in [-0.2, -0.15) is 5.10 Å². The molecule has 24 heavy (non-hydrogen) atoms. The van der Waals surface area contributed by atoms with Crippen molar-refractivity contribution in [1.82, 2.24) is 15.1 Å². The monoisotopic (exact) mass is 333 g/mol. The molecule has 0 aliphatic carbocycles. The van der Waals surface area contributed by atoms with Crippen LogP contribution in [-0.2, 0) is 9.53 Å². The number of ether oxygens (including phenoxy) is 1. The van der Waals surface area contributed by atoms with E-state index in [9.17, 15) is 14.0 Å². The van der Waals surface area contributed by atoms with Gasteiger partial charge in [0.05, 0.1) is 35.7 Å². The molecular weight excluding hydrogens is 313 g/mol. The minimum atomic E-state index is -0.357. The van der Waals surface area contributed by atoms with Crippen molar-refractivity contribution in [1.29, 1.82) is 0 Å². The normalized spacial score (nSPS) is 10.7. The van der Waals surface area contributed by atoms with Crippen LogP contribution in [0.5, 0.6) is 0 Å². The molecule has 1 aromatic carbocycles. The van der Waals surface area contributed by atoms with Crippen LogP contribution in [0.15, 0.2) is 30.5 Å². The van der Waals surface area contributed by atoms with Crippen LogP contribution in [0.4, 0.5) is 4.39 Å². The lowest BCUT2D eigenvalue weighted by Gasteiger charge is -2.08. The first-order valence-electron chi connectivity index (χ1n) is 7.66. The summed E-state index contributed by atoms with van der Waals surface area (Å²) in [6.45, 7) is 5.47. The van der Waals surface area contributed by atoms with Gasteiger partial charge in [0.1, 0.15) is 5.82 Å². The van der Waals surface area contributed by atoms with E-state index in [4.69, 9.17) is 4.74 Å². The van der Waals surface area contributed by atoms with Gasteiger partial charge in [-0.1, -0.05) is 0 Å². The SMILES string of the molecule is Cc1c(C(=O)NCCC(=O)OC(C)C)cnn1-c1ccc(F)cc1. The van der Waals surface area contributed by atoms with Crippen LogP contribution in [0.1, 0.15) is 36.3 Å². The second-order valence-electron chi connectivity index (χ2n) is 5.58. The molecule has 128 valence electrons. The van der Waals surface area contributed by atoms with Crippen LogP contribution in [0.3, 0.4) is 0 Å². The number of carbonyl (C=O) groups excluding carboxylic acids is 2. The molecule has 6 nitrogen and oxygen atoms in total. The quantitative estimate of drug-likeness (QED) is 0.824. The Hall–Kier alpha value is -2.70. The molecule has 0 aliphatic heterocycles. The molecule has 1 heterocycles. The van der Waals surface area contributed by atoms with Crippen molar-refractivity contribution in [2.75, 3.05) is 6.54 Å². The predicted octanol–water partition coefficient (Wildman–Crippen LogP) is 2.39. The predicted molar refractivity (Wildman–Crippen MR) is 86.4 cm³/mol. The maximum Gasteiger partial charge on any atom is 0.307 e. The summed E-state index contributed by atoms with van der Waals surface area (Å²) in [7, 11) is 0. The van der Waals surface area contributed by atoms with Crippen molar-refractivity contribution < 1.29 is 18.7 Å². The summed E-state index contributed by atoms with van der Waals surface area (Å²) < 4.78 is 19.5. The Kier molecular flexibility index (Phi) is 5.68. The van der Waals surface area contributed by atoms with Crippen molar-refractivity contribution >= 4 is 11.9 Å². The van der Waals surface area contributed by atoms with Crippen LogP contribution >= 0.6 is 0 Å². The number of aromatic nitrogens is 2. The zero-order valence-electron chi connectivity index (χ0n) is 13.9. The highest BCUT2D eigenvalue weighted by molar-refractivity contribution is 5.95. The second kappa shape index (κ2) is 7.72. The number of carbonyl (C=O) groups is 2. The Balaban J connectivity index is 1.98. The molecule has 2 rings (SSSR count). The van der Waals surface area contributed by atoms with Crippen LogP contribution in [0.2, 0.25) is 0 Å². The van der Waals surface area contributed by atoms with Gasteiger partial charge in [0.15, 0.2) is 0 Å². The molecule has 0 bridgehead atoms. The van der Waals surface area contributed by atoms with E-state index >= 15 is 0 Å². The molecule has 0 radical (unpaired) electrons. The van der Waals surface area contributed by atoms with Crippen molar-refractivity contribution in [3.8, 4) is 5.69 Å². The molecule has 2 aromatic rings. The Morgan fingerprint density at radius 2 is 1.96 bits per heavy atom. The second-order valence-corrected chi connectivity index (χ2v) is 5.58. The van der Waals surface area contributed by atoms with Crippen LogP contribution in [0.25, 0.3) is 5.69 Å². The zero-order valence-corrected chi connectivity index (χ0v) is 13.9. The molecule has 0 saturated carbocycles. The van der Waals surface area contributed by atoms with Crippen LogP contribution in [0, 0.1) is 12.7 Å². The summed E-state index contributed by atoms with van der Waals surface area (Å²) in [6.07, 6.45) is 1.37. The molecular formula is C17H20FN3O3. The topological polar surface area (TPSA) is 73.2 Å². The van der Waals surface area contributed by atoms with Crippen molar-refractivity contribution in [2.24, 2.45) is 0 Å². The molecule has 1 N–H and O–H groups in total. The number of hydrogen-bond donors (Lipinski definition) is 1. The summed E-state index contributed by atoms with van der Waals surface area (Å²) in [4.78, 5) is 23.6. The summed E-state index contributed by atoms with van der Waals surface area (Å²) in [5, 5.41) is 6.83. The minimum Gasteiger partial charge on any atom is -0.463 e. The summed E-state index contributed by atoms with van der Waals surface area (Å²) in [6, 6.07) is 5.82. The number of rotatable bonds is 6. The number of benzene rings is 1. The van der Waals surface area contributed by atoms with Crippen molar-refractivity contribution in [3.05, 3.63) is 47.5 Å². The number of esters is 1. The highest BCUT2D eigenvalue weighted by atomic mass is 19.1. The average Bonchev–Trinajstić information content (AvgIpc) is 2.89. The highest BCUT2D eigenvalue weighted by Gasteiger charge is 2.15. The molecule has 1 amide bonds. The van der Waals surface area contributed by atoms with Gasteiger partial charge in [0.25, 0.3) is 5.91 Å². The molecule has 0 saturated heterocycles. The van der Waals surface area contributed by atoms with Gasteiger partial charge < -0.3 is 10.1 Å². The van der Waals surface area contributed by atoms with Crippen molar-refractivity contribution in [2.45, 2.75) is 33.3 Å². The first-order chi connectivity index (χ1) is 11.4. The summed E-state index contributed by atoms with van der Waals surface area (Å²) in [5.41, 5.74) is 1.69. The Morgan fingerprint density at radius 1 is 1.29 bits per heavy atom. The third-order valence-corrected chi connectivity index (χ3v) is 3.31.